The number of amides is 1. The van der Waals surface area contributed by atoms with Crippen molar-refractivity contribution in [1.82, 2.24) is 5.32 Å². The highest BCUT2D eigenvalue weighted by atomic mass is 31.2. The number of carbonyl (C=O) groups is 1. The molecule has 0 aromatic carbocycles. The van der Waals surface area contributed by atoms with E-state index in [0.717, 1.165) is 103 Å². The zero-order valence-electron chi connectivity index (χ0n) is 44.7. The molecular formula is C60H103N2O6P. The van der Waals surface area contributed by atoms with Crippen LogP contribution in [0.25, 0.3) is 0 Å². The molecule has 3 unspecified atom stereocenters. The maximum atomic E-state index is 12.9. The molecular weight excluding hydrogens is 876 g/mol. The Balaban J connectivity index is 4.20. The Morgan fingerprint density at radius 2 is 0.899 bits per heavy atom. The molecule has 3 atom stereocenters. The second kappa shape index (κ2) is 49.9. The molecule has 0 rings (SSSR count). The summed E-state index contributed by atoms with van der Waals surface area (Å²) in [5.74, 6) is -0.221. The normalized spacial score (nSPS) is 14.9. The van der Waals surface area contributed by atoms with Crippen LogP contribution in [0.1, 0.15) is 200 Å². The van der Waals surface area contributed by atoms with E-state index in [1.54, 1.807) is 6.08 Å². The van der Waals surface area contributed by atoms with Crippen LogP contribution < -0.4 is 10.2 Å². The molecule has 0 bridgehead atoms. The lowest BCUT2D eigenvalue weighted by atomic mass is 10.0. The van der Waals surface area contributed by atoms with Gasteiger partial charge in [-0.05, 0) is 103 Å². The molecule has 69 heavy (non-hydrogen) atoms. The van der Waals surface area contributed by atoms with Gasteiger partial charge in [-0.2, -0.15) is 0 Å². The van der Waals surface area contributed by atoms with Crippen molar-refractivity contribution >= 4 is 13.7 Å². The molecule has 0 spiro atoms. The summed E-state index contributed by atoms with van der Waals surface area (Å²) < 4.78 is 23.2. The van der Waals surface area contributed by atoms with E-state index in [2.05, 4.69) is 129 Å². The van der Waals surface area contributed by atoms with Crippen LogP contribution in [0.15, 0.2) is 122 Å². The second-order valence-electron chi connectivity index (χ2n) is 19.2. The maximum absolute atomic E-state index is 12.9. The SMILES string of the molecule is CC/C=C\C/C=C\C/C=C\C/C=C\C/C=C\C/C=C\C/C=C\CCCCCCCCCCCCCC(=O)NC(COP(=O)([O-])OCC[N+](C)(C)C)C(O)/C=C/CC/C=C/CC/C=C/CCCCCC. The predicted octanol–water partition coefficient (Wildman–Crippen LogP) is 16.0. The molecule has 394 valence electrons. The Bertz CT molecular complexity index is 1530. The zero-order valence-corrected chi connectivity index (χ0v) is 45.6. The van der Waals surface area contributed by atoms with E-state index in [0.29, 0.717) is 17.4 Å². The average Bonchev–Trinajstić information content (AvgIpc) is 3.31. The van der Waals surface area contributed by atoms with Gasteiger partial charge in [-0.25, -0.2) is 0 Å². The van der Waals surface area contributed by atoms with Crippen molar-refractivity contribution in [1.29, 1.82) is 0 Å². The summed E-state index contributed by atoms with van der Waals surface area (Å²) in [7, 11) is 1.22. The summed E-state index contributed by atoms with van der Waals surface area (Å²) >= 11 is 0. The van der Waals surface area contributed by atoms with Gasteiger partial charge in [0.1, 0.15) is 13.2 Å². The third kappa shape index (κ3) is 52.6. The van der Waals surface area contributed by atoms with E-state index < -0.39 is 26.6 Å². The van der Waals surface area contributed by atoms with Gasteiger partial charge in [0, 0.05) is 6.42 Å². The summed E-state index contributed by atoms with van der Waals surface area (Å²) in [4.78, 5) is 25.4. The number of carbonyl (C=O) groups excluding carboxylic acids is 1. The highest BCUT2D eigenvalue weighted by Crippen LogP contribution is 2.38. The van der Waals surface area contributed by atoms with Crippen molar-refractivity contribution < 1.29 is 32.9 Å². The number of aliphatic hydroxyl groups excluding tert-OH is 1. The Kier molecular flexibility index (Phi) is 47.6. The molecule has 0 aromatic rings. The molecule has 0 saturated heterocycles. The third-order valence-corrected chi connectivity index (χ3v) is 12.3. The molecule has 2 N–H and O–H groups in total. The van der Waals surface area contributed by atoms with Crippen LogP contribution in [0.5, 0.6) is 0 Å². The van der Waals surface area contributed by atoms with Gasteiger partial charge in [-0.1, -0.05) is 212 Å². The summed E-state index contributed by atoms with van der Waals surface area (Å²) in [5.41, 5.74) is 0. The van der Waals surface area contributed by atoms with E-state index in [-0.39, 0.29) is 12.5 Å². The lowest BCUT2D eigenvalue weighted by Crippen LogP contribution is -2.45. The van der Waals surface area contributed by atoms with Gasteiger partial charge >= 0.3 is 0 Å². The number of rotatable bonds is 48. The average molecular weight is 979 g/mol. The topological polar surface area (TPSA) is 108 Å². The number of nitrogens with one attached hydrogen (secondary N) is 1. The molecule has 0 aliphatic rings. The fraction of sp³-hybridized carbons (Fsp3) is 0.650. The molecule has 0 heterocycles. The van der Waals surface area contributed by atoms with Gasteiger partial charge < -0.3 is 28.8 Å². The molecule has 0 aliphatic heterocycles. The summed E-state index contributed by atoms with van der Waals surface area (Å²) in [6, 6.07) is -0.919. The minimum absolute atomic E-state index is 0.0155. The molecule has 0 aliphatic carbocycles. The van der Waals surface area contributed by atoms with Crippen molar-refractivity contribution in [2.45, 2.75) is 212 Å². The minimum atomic E-state index is -4.61. The number of aliphatic hydroxyl groups is 1. The fourth-order valence-corrected chi connectivity index (χ4v) is 7.83. The first kappa shape index (κ1) is 65.9. The van der Waals surface area contributed by atoms with Gasteiger partial charge in [0.25, 0.3) is 7.82 Å². The molecule has 0 fully saturated rings. The number of hydrogen-bond acceptors (Lipinski definition) is 6. The van der Waals surface area contributed by atoms with Crippen LogP contribution in [0.4, 0.5) is 0 Å². The number of allylic oxidation sites excluding steroid dienone is 19. The van der Waals surface area contributed by atoms with Gasteiger partial charge in [0.05, 0.1) is 39.9 Å². The first-order chi connectivity index (χ1) is 33.5. The largest absolute Gasteiger partial charge is 0.756 e. The molecule has 0 aromatic heterocycles. The van der Waals surface area contributed by atoms with Crippen molar-refractivity contribution in [3.63, 3.8) is 0 Å². The predicted molar refractivity (Wildman–Crippen MR) is 297 cm³/mol. The highest BCUT2D eigenvalue weighted by molar-refractivity contribution is 7.45. The number of phosphoric ester groups is 1. The van der Waals surface area contributed by atoms with E-state index >= 15 is 0 Å². The highest BCUT2D eigenvalue weighted by Gasteiger charge is 2.23. The monoisotopic (exact) mass is 979 g/mol. The van der Waals surface area contributed by atoms with Gasteiger partial charge in [0.2, 0.25) is 5.91 Å². The zero-order chi connectivity index (χ0) is 50.6. The lowest BCUT2D eigenvalue weighted by molar-refractivity contribution is -0.870. The number of unbranched alkanes of at least 4 members (excludes halogenated alkanes) is 17. The van der Waals surface area contributed by atoms with Crippen LogP contribution in [-0.2, 0) is 18.4 Å². The first-order valence-electron chi connectivity index (χ1n) is 27.4. The van der Waals surface area contributed by atoms with Crippen LogP contribution in [-0.4, -0.2) is 68.5 Å². The molecule has 8 nitrogen and oxygen atoms in total. The summed E-state index contributed by atoms with van der Waals surface area (Å²) in [5, 5.41) is 13.8. The van der Waals surface area contributed by atoms with Crippen LogP contribution >= 0.6 is 7.82 Å². The molecule has 0 radical (unpaired) electrons. The maximum Gasteiger partial charge on any atom is 0.268 e. The van der Waals surface area contributed by atoms with E-state index in [1.165, 1.54) is 77.0 Å². The Labute approximate surface area is 424 Å². The molecule has 9 heteroatoms. The van der Waals surface area contributed by atoms with Gasteiger partial charge in [-0.3, -0.25) is 9.36 Å². The number of quaternary nitrogens is 1. The van der Waals surface area contributed by atoms with E-state index in [4.69, 9.17) is 9.05 Å². The van der Waals surface area contributed by atoms with Crippen molar-refractivity contribution in [2.24, 2.45) is 0 Å². The summed E-state index contributed by atoms with van der Waals surface area (Å²) in [6.07, 6.45) is 74.1. The number of likely N-dealkylation sites (N-methyl/N-ethyl adjacent to an activating group) is 1. The summed E-state index contributed by atoms with van der Waals surface area (Å²) in [6.45, 7) is 4.46. The van der Waals surface area contributed by atoms with Crippen molar-refractivity contribution in [2.75, 3.05) is 40.9 Å². The van der Waals surface area contributed by atoms with E-state index in [9.17, 15) is 19.4 Å². The second-order valence-corrected chi connectivity index (χ2v) is 20.6. The van der Waals surface area contributed by atoms with Crippen molar-refractivity contribution in [3.05, 3.63) is 122 Å². The van der Waals surface area contributed by atoms with Crippen LogP contribution in [0.2, 0.25) is 0 Å². The Hall–Kier alpha value is -3.10. The Morgan fingerprint density at radius 3 is 1.35 bits per heavy atom. The Morgan fingerprint density at radius 1 is 0.522 bits per heavy atom. The smallest absolute Gasteiger partial charge is 0.268 e. The van der Waals surface area contributed by atoms with Gasteiger partial charge in [-0.15, -0.1) is 0 Å². The third-order valence-electron chi connectivity index (χ3n) is 11.4. The van der Waals surface area contributed by atoms with E-state index in [1.807, 2.05) is 27.2 Å². The van der Waals surface area contributed by atoms with Crippen LogP contribution in [0, 0.1) is 0 Å². The molecule has 0 saturated carbocycles. The lowest BCUT2D eigenvalue weighted by Gasteiger charge is -2.29. The standard InChI is InChI=1S/C60H103N2O6P/c1-6-8-10-12-14-16-18-20-22-23-24-25-26-27-28-29-30-31-32-33-34-35-36-37-38-39-40-42-44-46-48-50-52-54-60(64)61-58(57-68-69(65,66)67-56-55-62(3,4)5)59(63)53-51-49-47-45-43-41-21-19-17-15-13-11-9-7-2/h8,10,14,16-17,19-20,22,24-25,27-28,30-31,33-34,43,45,51,53,58-59,63H,6-7,9,11-13,15,18,21,23,26,29,32,35-42,44,46-50,52,54-57H2,1-5H3,(H-,61,64,65,66)/b10-8-,16-14-,19-17+,22-20-,25-24-,28-27-,31-30-,34-33-,45-43+,53-51+. The number of nitrogens with zero attached hydrogens (tertiary/aromatic N) is 1. The van der Waals surface area contributed by atoms with Gasteiger partial charge in [0.15, 0.2) is 0 Å². The quantitative estimate of drug-likeness (QED) is 0.0272. The van der Waals surface area contributed by atoms with Crippen LogP contribution in [0.3, 0.4) is 0 Å². The first-order valence-corrected chi connectivity index (χ1v) is 28.9. The fourth-order valence-electron chi connectivity index (χ4n) is 7.10. The number of hydrogen-bond donors (Lipinski definition) is 2. The van der Waals surface area contributed by atoms with Crippen molar-refractivity contribution in [3.8, 4) is 0 Å². The molecule has 1 amide bonds. The minimum Gasteiger partial charge on any atom is -0.756 e. The number of phosphoric acid groups is 1.